The maximum Gasteiger partial charge on any atom is 0.318 e. The maximum absolute atomic E-state index is 12.8. The van der Waals surface area contributed by atoms with Crippen LogP contribution in [0.25, 0.3) is 10.2 Å². The van der Waals surface area contributed by atoms with Gasteiger partial charge >= 0.3 is 6.03 Å². The quantitative estimate of drug-likeness (QED) is 0.621. The number of hydrogen-bond donors (Lipinski definition) is 2. The van der Waals surface area contributed by atoms with Crippen molar-refractivity contribution in [3.8, 4) is 0 Å². The van der Waals surface area contributed by atoms with E-state index in [4.69, 9.17) is 5.73 Å². The number of carbonyl (C=O) groups is 2. The molecule has 2 heterocycles. The van der Waals surface area contributed by atoms with E-state index in [0.717, 1.165) is 29.7 Å². The number of nitrogens with zero attached hydrogens (tertiary/aromatic N) is 2. The van der Waals surface area contributed by atoms with Crippen LogP contribution in [-0.2, 0) is 24.7 Å². The number of hydrogen-bond acceptors (Lipinski definition) is 6. The Morgan fingerprint density at radius 2 is 2.08 bits per heavy atom. The van der Waals surface area contributed by atoms with E-state index in [2.05, 4.69) is 10.3 Å². The van der Waals surface area contributed by atoms with Crippen molar-refractivity contribution >= 4 is 45.3 Å². The normalized spacial score (nSPS) is 14.7. The van der Waals surface area contributed by atoms with Crippen LogP contribution in [0.4, 0.5) is 4.79 Å². The number of thiophene rings is 1. The molecule has 0 fully saturated rings. The number of nitrogens with one attached hydrogen (secondary N) is 1. The van der Waals surface area contributed by atoms with Crippen LogP contribution < -0.4 is 16.6 Å². The third-order valence-electron chi connectivity index (χ3n) is 4.25. The molecule has 0 saturated heterocycles. The lowest BCUT2D eigenvalue weighted by Crippen LogP contribution is -2.42. The zero-order chi connectivity index (χ0) is 18.3. The number of amides is 3. The van der Waals surface area contributed by atoms with E-state index in [-0.39, 0.29) is 11.5 Å². The predicted octanol–water partition coefficient (Wildman–Crippen LogP) is 1.80. The van der Waals surface area contributed by atoms with Gasteiger partial charge in [-0.05, 0) is 30.7 Å². The van der Waals surface area contributed by atoms with Crippen molar-refractivity contribution in [1.82, 2.24) is 14.9 Å². The van der Waals surface area contributed by atoms with Crippen molar-refractivity contribution in [3.63, 3.8) is 0 Å². The first-order chi connectivity index (χ1) is 11.8. The molecule has 0 saturated carbocycles. The maximum atomic E-state index is 12.8. The van der Waals surface area contributed by atoms with Gasteiger partial charge in [0.05, 0.1) is 10.6 Å². The minimum absolute atomic E-state index is 0.0645. The second kappa shape index (κ2) is 6.80. The minimum Gasteiger partial charge on any atom is -0.351 e. The molecule has 0 aliphatic heterocycles. The number of carbonyl (C=O) groups excluding carboxylic acids is 2. The predicted molar refractivity (Wildman–Crippen MR) is 99.1 cm³/mol. The first-order valence-electron chi connectivity index (χ1n) is 8.07. The molecule has 0 bridgehead atoms. The van der Waals surface area contributed by atoms with E-state index < -0.39 is 17.2 Å². The lowest BCUT2D eigenvalue weighted by Gasteiger charge is -2.19. The second-order valence-electron chi connectivity index (χ2n) is 6.43. The number of nitrogens with two attached hydrogens (primary N) is 1. The molecule has 2 aromatic heterocycles. The van der Waals surface area contributed by atoms with Gasteiger partial charge in [-0.2, -0.15) is 0 Å². The van der Waals surface area contributed by atoms with Crippen molar-refractivity contribution < 1.29 is 9.59 Å². The summed E-state index contributed by atoms with van der Waals surface area (Å²) in [5, 5.41) is 2.72. The van der Waals surface area contributed by atoms with E-state index in [1.807, 2.05) is 13.8 Å². The number of fused-ring (bicyclic) bond motifs is 3. The highest BCUT2D eigenvalue weighted by atomic mass is 32.2. The molecule has 3 amide bonds. The Bertz CT molecular complexity index is 916. The van der Waals surface area contributed by atoms with Crippen LogP contribution in [0.15, 0.2) is 9.95 Å². The summed E-state index contributed by atoms with van der Waals surface area (Å²) in [7, 11) is 1.67. The topological polar surface area (TPSA) is 107 Å². The molecule has 9 heteroatoms. The lowest BCUT2D eigenvalue weighted by molar-refractivity contribution is -0.120. The molecule has 0 spiro atoms. The summed E-state index contributed by atoms with van der Waals surface area (Å²) < 4.78 is 1.49. The van der Waals surface area contributed by atoms with Crippen molar-refractivity contribution in [3.05, 3.63) is 20.8 Å². The standard InChI is InChI=1S/C16H20N4O3S2/c1-7(2)11(12(21)18-15(17)23)25-16-19-13-10(14(22)20(16)3)8-5-4-6-9(8)24-13/h7,11H,4-6H2,1-3H3,(H3,17,18,21,23)/t11-/m0/s1. The minimum atomic E-state index is -0.886. The number of urea groups is 1. The molecule has 134 valence electrons. The Morgan fingerprint density at radius 1 is 1.36 bits per heavy atom. The molecule has 2 aromatic rings. The summed E-state index contributed by atoms with van der Waals surface area (Å²) in [6.45, 7) is 3.74. The van der Waals surface area contributed by atoms with Crippen LogP contribution in [0.2, 0.25) is 0 Å². The van der Waals surface area contributed by atoms with Gasteiger partial charge < -0.3 is 5.73 Å². The number of primary amides is 1. The molecule has 1 aliphatic carbocycles. The number of aryl methyl sites for hydroxylation is 2. The van der Waals surface area contributed by atoms with Crippen molar-refractivity contribution in [1.29, 1.82) is 0 Å². The zero-order valence-corrected chi connectivity index (χ0v) is 15.9. The first kappa shape index (κ1) is 17.9. The molecule has 0 aromatic carbocycles. The SMILES string of the molecule is CC(C)[C@H](Sc1nc2sc3c(c2c(=O)n1C)CCC3)C(=O)NC(N)=O. The third-order valence-corrected chi connectivity index (χ3v) is 7.02. The van der Waals surface area contributed by atoms with Gasteiger partial charge in [0.25, 0.3) is 5.56 Å². The second-order valence-corrected chi connectivity index (χ2v) is 8.62. The van der Waals surface area contributed by atoms with Gasteiger partial charge in [0.1, 0.15) is 4.83 Å². The monoisotopic (exact) mass is 380 g/mol. The summed E-state index contributed by atoms with van der Waals surface area (Å²) in [5.41, 5.74) is 6.10. The zero-order valence-electron chi connectivity index (χ0n) is 14.3. The molecule has 3 N–H and O–H groups in total. The average molecular weight is 380 g/mol. The number of thioether (sulfide) groups is 1. The van der Waals surface area contributed by atoms with Gasteiger partial charge in [0.15, 0.2) is 5.16 Å². The fraction of sp³-hybridized carbons (Fsp3) is 0.500. The molecule has 1 aliphatic rings. The van der Waals surface area contributed by atoms with Crippen LogP contribution in [0.1, 0.15) is 30.7 Å². The summed E-state index contributed by atoms with van der Waals surface area (Å²) in [5.74, 6) is -0.541. The van der Waals surface area contributed by atoms with Crippen LogP contribution in [-0.4, -0.2) is 26.7 Å². The molecule has 7 nitrogen and oxygen atoms in total. The van der Waals surface area contributed by atoms with E-state index in [9.17, 15) is 14.4 Å². The van der Waals surface area contributed by atoms with Crippen molar-refractivity contribution in [2.24, 2.45) is 18.7 Å². The molecule has 3 rings (SSSR count). The van der Waals surface area contributed by atoms with E-state index in [0.29, 0.717) is 10.5 Å². The molecule has 25 heavy (non-hydrogen) atoms. The highest BCUT2D eigenvalue weighted by Gasteiger charge is 2.28. The highest BCUT2D eigenvalue weighted by molar-refractivity contribution is 8.00. The Kier molecular flexibility index (Phi) is 4.88. The van der Waals surface area contributed by atoms with Gasteiger partial charge in [-0.15, -0.1) is 11.3 Å². The van der Waals surface area contributed by atoms with E-state index >= 15 is 0 Å². The van der Waals surface area contributed by atoms with Gasteiger partial charge in [-0.1, -0.05) is 25.6 Å². The van der Waals surface area contributed by atoms with Crippen LogP contribution >= 0.6 is 23.1 Å². The average Bonchev–Trinajstić information content (AvgIpc) is 3.08. The Morgan fingerprint density at radius 3 is 2.72 bits per heavy atom. The Balaban J connectivity index is 2.00. The molecule has 0 unspecified atom stereocenters. The molecular weight excluding hydrogens is 360 g/mol. The molecule has 1 atom stereocenters. The Labute approximate surface area is 153 Å². The van der Waals surface area contributed by atoms with E-state index in [1.54, 1.807) is 18.4 Å². The highest BCUT2D eigenvalue weighted by Crippen LogP contribution is 2.36. The summed E-state index contributed by atoms with van der Waals surface area (Å²) in [6, 6.07) is -0.886. The van der Waals surface area contributed by atoms with E-state index in [1.165, 1.54) is 21.2 Å². The first-order valence-corrected chi connectivity index (χ1v) is 9.77. The van der Waals surface area contributed by atoms with Gasteiger partial charge in [0, 0.05) is 11.9 Å². The fourth-order valence-corrected chi connectivity index (χ4v) is 5.37. The smallest absolute Gasteiger partial charge is 0.318 e. The fourth-order valence-electron chi connectivity index (χ4n) is 3.01. The summed E-state index contributed by atoms with van der Waals surface area (Å²) in [4.78, 5) is 42.6. The lowest BCUT2D eigenvalue weighted by atomic mass is 10.1. The largest absolute Gasteiger partial charge is 0.351 e. The molecule has 0 radical (unpaired) electrons. The van der Waals surface area contributed by atoms with Crippen LogP contribution in [0.5, 0.6) is 0 Å². The number of rotatable bonds is 4. The number of imide groups is 1. The van der Waals surface area contributed by atoms with Crippen LogP contribution in [0.3, 0.4) is 0 Å². The number of aromatic nitrogens is 2. The third kappa shape index (κ3) is 3.30. The van der Waals surface area contributed by atoms with Gasteiger partial charge in [-0.25, -0.2) is 9.78 Å². The van der Waals surface area contributed by atoms with Gasteiger partial charge in [-0.3, -0.25) is 19.5 Å². The summed E-state index contributed by atoms with van der Waals surface area (Å²) >= 11 is 2.75. The van der Waals surface area contributed by atoms with Gasteiger partial charge in [0.2, 0.25) is 5.91 Å². The molecular formula is C16H20N4O3S2. The van der Waals surface area contributed by atoms with Crippen molar-refractivity contribution in [2.45, 2.75) is 43.5 Å². The summed E-state index contributed by atoms with van der Waals surface area (Å²) in [6.07, 6.45) is 3.01. The van der Waals surface area contributed by atoms with Crippen molar-refractivity contribution in [2.75, 3.05) is 0 Å². The Hall–Kier alpha value is -1.87. The van der Waals surface area contributed by atoms with Crippen LogP contribution in [0, 0.1) is 5.92 Å².